The number of anilines is 3. The number of benzene rings is 1. The lowest BCUT2D eigenvalue weighted by Crippen LogP contribution is -2.24. The molecule has 0 aliphatic heterocycles. The summed E-state index contributed by atoms with van der Waals surface area (Å²) in [5, 5.41) is 16.2. The fraction of sp³-hybridized carbons (Fsp3) is 0.167. The number of nitrogens with two attached hydrogens (primary N) is 1. The number of hydrogen-bond donors (Lipinski definition) is 4. The number of aryl methyl sites for hydroxylation is 1. The molecule has 1 heterocycles. The summed E-state index contributed by atoms with van der Waals surface area (Å²) in [6.07, 6.45) is 0. The monoisotopic (exact) mass is 273 g/mol. The number of nitrogens with one attached hydrogen (secondary N) is 2. The smallest absolute Gasteiger partial charge is 0.235 e. The number of nitrogens with zero attached hydrogens (tertiary/aromatic N) is 4. The maximum atomic E-state index is 8.73. The number of hydroxylamine groups is 1. The molecule has 0 amide bonds. The Balaban J connectivity index is 2.39. The third kappa shape index (κ3) is 2.81. The summed E-state index contributed by atoms with van der Waals surface area (Å²) >= 11 is 0. The molecule has 0 radical (unpaired) electrons. The van der Waals surface area contributed by atoms with Gasteiger partial charge in [-0.15, -0.1) is 0 Å². The van der Waals surface area contributed by atoms with Gasteiger partial charge in [-0.1, -0.05) is 17.7 Å². The minimum atomic E-state index is -0.349. The molecule has 1 aromatic carbocycles. The van der Waals surface area contributed by atoms with Gasteiger partial charge >= 0.3 is 0 Å². The molecule has 0 fully saturated rings. The highest BCUT2D eigenvalue weighted by molar-refractivity contribution is 5.92. The normalized spacial score (nSPS) is 10.2. The van der Waals surface area contributed by atoms with Gasteiger partial charge in [-0.25, -0.2) is 5.48 Å². The maximum Gasteiger partial charge on any atom is 0.235 e. The van der Waals surface area contributed by atoms with E-state index in [4.69, 9.17) is 16.4 Å². The van der Waals surface area contributed by atoms with Gasteiger partial charge in [0, 0.05) is 12.7 Å². The van der Waals surface area contributed by atoms with Crippen molar-refractivity contribution in [2.24, 2.45) is 0 Å². The van der Waals surface area contributed by atoms with Gasteiger partial charge in [0.15, 0.2) is 5.84 Å². The average Bonchev–Trinajstić information content (AvgIpc) is 2.45. The lowest BCUT2D eigenvalue weighted by Gasteiger charge is -2.18. The maximum absolute atomic E-state index is 8.73. The fourth-order valence-corrected chi connectivity index (χ4v) is 1.58. The molecule has 0 aliphatic rings. The first-order chi connectivity index (χ1) is 9.51. The third-order valence-electron chi connectivity index (χ3n) is 2.70. The molecule has 5 N–H and O–H groups in total. The molecule has 8 heteroatoms. The zero-order chi connectivity index (χ0) is 14.7. The Morgan fingerprint density at radius 1 is 1.25 bits per heavy atom. The van der Waals surface area contributed by atoms with Gasteiger partial charge in [-0.2, -0.15) is 15.0 Å². The van der Waals surface area contributed by atoms with E-state index in [9.17, 15) is 0 Å². The molecule has 104 valence electrons. The molecule has 1 aromatic heterocycles. The Morgan fingerprint density at radius 3 is 2.50 bits per heavy atom. The molecule has 8 nitrogen and oxygen atoms in total. The number of amidine groups is 1. The molecule has 2 rings (SSSR count). The summed E-state index contributed by atoms with van der Waals surface area (Å²) in [6, 6.07) is 7.78. The van der Waals surface area contributed by atoms with Crippen molar-refractivity contribution in [2.45, 2.75) is 6.92 Å². The van der Waals surface area contributed by atoms with Crippen LogP contribution in [0.25, 0.3) is 0 Å². The predicted molar refractivity (Wildman–Crippen MR) is 75.2 cm³/mol. The number of aromatic nitrogens is 3. The SMILES string of the molecule is Cc1ccc(N(C)c2nc(N)nc(C(=N)NO)n2)cc1. The predicted octanol–water partition coefficient (Wildman–Crippen LogP) is 0.834. The quantitative estimate of drug-likeness (QED) is 0.371. The summed E-state index contributed by atoms with van der Waals surface area (Å²) in [5.41, 5.74) is 9.29. The molecular formula is C12H15N7O. The van der Waals surface area contributed by atoms with Crippen LogP contribution < -0.4 is 16.1 Å². The van der Waals surface area contributed by atoms with E-state index in [1.807, 2.05) is 31.2 Å². The molecule has 0 spiro atoms. The first kappa shape index (κ1) is 13.7. The highest BCUT2D eigenvalue weighted by Crippen LogP contribution is 2.20. The van der Waals surface area contributed by atoms with Crippen LogP contribution in [0.15, 0.2) is 24.3 Å². The molecule has 2 aromatic rings. The zero-order valence-electron chi connectivity index (χ0n) is 11.1. The first-order valence-electron chi connectivity index (χ1n) is 5.82. The summed E-state index contributed by atoms with van der Waals surface area (Å²) in [4.78, 5) is 13.6. The minimum Gasteiger partial charge on any atom is -0.368 e. The van der Waals surface area contributed by atoms with Crippen LogP contribution >= 0.6 is 0 Å². The number of hydrogen-bond acceptors (Lipinski definition) is 7. The van der Waals surface area contributed by atoms with Crippen molar-refractivity contribution in [1.29, 1.82) is 5.41 Å². The van der Waals surface area contributed by atoms with Crippen LogP contribution in [0.4, 0.5) is 17.6 Å². The van der Waals surface area contributed by atoms with E-state index in [1.54, 1.807) is 17.4 Å². The highest BCUT2D eigenvalue weighted by Gasteiger charge is 2.13. The molecule has 0 bridgehead atoms. The number of nitrogen functional groups attached to an aromatic ring is 1. The average molecular weight is 273 g/mol. The minimum absolute atomic E-state index is 0.0241. The van der Waals surface area contributed by atoms with Crippen molar-refractivity contribution in [3.05, 3.63) is 35.7 Å². The first-order valence-corrected chi connectivity index (χ1v) is 5.82. The van der Waals surface area contributed by atoms with Crippen molar-refractivity contribution in [3.8, 4) is 0 Å². The Kier molecular flexibility index (Phi) is 3.76. The van der Waals surface area contributed by atoms with Gasteiger partial charge < -0.3 is 10.6 Å². The lowest BCUT2D eigenvalue weighted by molar-refractivity contribution is 0.233. The molecule has 0 saturated heterocycles. The standard InChI is InChI=1S/C12H15N7O/c1-7-3-5-8(6-4-7)19(2)12-16-10(9(13)18-20)15-11(14)17-12/h3-6,20H,1-2H3,(H2,13,18)(H2,14,15,16,17). The van der Waals surface area contributed by atoms with E-state index in [0.29, 0.717) is 0 Å². The molecule has 20 heavy (non-hydrogen) atoms. The Hall–Kier alpha value is -2.74. The fourth-order valence-electron chi connectivity index (χ4n) is 1.58. The topological polar surface area (TPSA) is 124 Å². The van der Waals surface area contributed by atoms with Crippen molar-refractivity contribution < 1.29 is 5.21 Å². The summed E-state index contributed by atoms with van der Waals surface area (Å²) < 4.78 is 0. The van der Waals surface area contributed by atoms with Crippen molar-refractivity contribution >= 4 is 23.4 Å². The summed E-state index contributed by atoms with van der Waals surface area (Å²) in [7, 11) is 1.78. The summed E-state index contributed by atoms with van der Waals surface area (Å²) in [5.74, 6) is -0.119. The second-order valence-electron chi connectivity index (χ2n) is 4.20. The van der Waals surface area contributed by atoms with E-state index < -0.39 is 0 Å². The van der Waals surface area contributed by atoms with E-state index >= 15 is 0 Å². The molecule has 0 saturated carbocycles. The van der Waals surface area contributed by atoms with Gasteiger partial charge in [-0.05, 0) is 19.1 Å². The van der Waals surface area contributed by atoms with Gasteiger partial charge in [0.2, 0.25) is 17.7 Å². The Labute approximate surface area is 115 Å². The van der Waals surface area contributed by atoms with Gasteiger partial charge in [0.25, 0.3) is 0 Å². The van der Waals surface area contributed by atoms with Crippen LogP contribution in [0.3, 0.4) is 0 Å². The van der Waals surface area contributed by atoms with Crippen LogP contribution in [-0.4, -0.2) is 33.0 Å². The molecule has 0 aliphatic carbocycles. The van der Waals surface area contributed by atoms with Crippen LogP contribution in [0.5, 0.6) is 0 Å². The van der Waals surface area contributed by atoms with Crippen molar-refractivity contribution in [3.63, 3.8) is 0 Å². The summed E-state index contributed by atoms with van der Waals surface area (Å²) in [6.45, 7) is 2.00. The Morgan fingerprint density at radius 2 is 1.90 bits per heavy atom. The lowest BCUT2D eigenvalue weighted by atomic mass is 10.2. The largest absolute Gasteiger partial charge is 0.368 e. The second-order valence-corrected chi connectivity index (χ2v) is 4.20. The van der Waals surface area contributed by atoms with Crippen LogP contribution in [0.1, 0.15) is 11.4 Å². The van der Waals surface area contributed by atoms with Gasteiger partial charge in [0.1, 0.15) is 0 Å². The Bertz CT molecular complexity index is 626. The second kappa shape index (κ2) is 5.49. The highest BCUT2D eigenvalue weighted by atomic mass is 16.5. The zero-order valence-corrected chi connectivity index (χ0v) is 11.1. The molecule has 0 atom stereocenters. The van der Waals surface area contributed by atoms with Gasteiger partial charge in [-0.3, -0.25) is 10.6 Å². The van der Waals surface area contributed by atoms with E-state index in [2.05, 4.69) is 15.0 Å². The van der Waals surface area contributed by atoms with Crippen molar-refractivity contribution in [2.75, 3.05) is 17.7 Å². The number of rotatable bonds is 3. The van der Waals surface area contributed by atoms with Crippen LogP contribution in [-0.2, 0) is 0 Å². The van der Waals surface area contributed by atoms with E-state index in [1.165, 1.54) is 0 Å². The molecule has 0 unspecified atom stereocenters. The van der Waals surface area contributed by atoms with E-state index in [0.717, 1.165) is 11.3 Å². The van der Waals surface area contributed by atoms with Gasteiger partial charge in [0.05, 0.1) is 0 Å². The van der Waals surface area contributed by atoms with Crippen molar-refractivity contribution in [1.82, 2.24) is 20.4 Å². The van der Waals surface area contributed by atoms with E-state index in [-0.39, 0.29) is 23.6 Å². The van der Waals surface area contributed by atoms with Crippen LogP contribution in [0, 0.1) is 12.3 Å². The van der Waals surface area contributed by atoms with Crippen LogP contribution in [0.2, 0.25) is 0 Å². The third-order valence-corrected chi connectivity index (χ3v) is 2.70. The molecular weight excluding hydrogens is 258 g/mol.